The lowest BCUT2D eigenvalue weighted by atomic mass is 9.66. The van der Waals surface area contributed by atoms with Gasteiger partial charge in [0.1, 0.15) is 0 Å². The monoisotopic (exact) mass is 340 g/mol. The van der Waals surface area contributed by atoms with E-state index in [2.05, 4.69) is 71.7 Å². The molecule has 1 spiro atoms. The second kappa shape index (κ2) is 6.20. The van der Waals surface area contributed by atoms with Crippen LogP contribution in [-0.4, -0.2) is 32.1 Å². The Morgan fingerprint density at radius 3 is 2.29 bits per heavy atom. The fourth-order valence-corrected chi connectivity index (χ4v) is 5.92. The lowest BCUT2D eigenvalue weighted by Crippen LogP contribution is -2.47. The molecule has 128 valence electrons. The minimum atomic E-state index is 0.263. The summed E-state index contributed by atoms with van der Waals surface area (Å²) in [5.41, 5.74) is 2.20. The van der Waals surface area contributed by atoms with Crippen molar-refractivity contribution < 1.29 is 0 Å². The molecule has 2 fully saturated rings. The number of para-hydroxylation sites is 1. The molecule has 2 nitrogen and oxygen atoms in total. The van der Waals surface area contributed by atoms with Crippen molar-refractivity contribution in [2.75, 3.05) is 32.1 Å². The fourth-order valence-electron chi connectivity index (χ4n) is 4.85. The lowest BCUT2D eigenvalue weighted by molar-refractivity contribution is 0.0466. The van der Waals surface area contributed by atoms with Crippen molar-refractivity contribution >= 4 is 17.0 Å². The van der Waals surface area contributed by atoms with Gasteiger partial charge in [-0.1, -0.05) is 24.3 Å². The van der Waals surface area contributed by atoms with Crippen molar-refractivity contribution in [3.05, 3.63) is 52.7 Å². The van der Waals surface area contributed by atoms with Crippen LogP contribution in [0.5, 0.6) is 0 Å². The highest BCUT2D eigenvalue weighted by Gasteiger charge is 2.48. The van der Waals surface area contributed by atoms with E-state index in [-0.39, 0.29) is 5.54 Å². The molecule has 0 radical (unpaired) electrons. The van der Waals surface area contributed by atoms with Crippen LogP contribution in [0.1, 0.15) is 37.0 Å². The van der Waals surface area contributed by atoms with Gasteiger partial charge in [-0.2, -0.15) is 0 Å². The van der Waals surface area contributed by atoms with Crippen LogP contribution in [-0.2, 0) is 5.54 Å². The van der Waals surface area contributed by atoms with Crippen LogP contribution in [0.4, 0.5) is 5.69 Å². The normalized spacial score (nSPS) is 30.4. The maximum atomic E-state index is 2.60. The van der Waals surface area contributed by atoms with Gasteiger partial charge in [0.25, 0.3) is 0 Å². The predicted molar refractivity (Wildman–Crippen MR) is 104 cm³/mol. The smallest absolute Gasteiger partial charge is 0.0549 e. The second-order valence-corrected chi connectivity index (χ2v) is 8.86. The minimum Gasteiger partial charge on any atom is -0.371 e. The first-order valence-electron chi connectivity index (χ1n) is 9.15. The topological polar surface area (TPSA) is 6.48 Å². The van der Waals surface area contributed by atoms with Crippen LogP contribution >= 0.6 is 11.3 Å². The largest absolute Gasteiger partial charge is 0.371 e. The van der Waals surface area contributed by atoms with Gasteiger partial charge in [0.05, 0.1) is 5.54 Å². The molecule has 3 heteroatoms. The van der Waals surface area contributed by atoms with E-state index in [1.165, 1.54) is 50.9 Å². The van der Waals surface area contributed by atoms with Gasteiger partial charge < -0.3 is 4.90 Å². The van der Waals surface area contributed by atoms with Gasteiger partial charge in [-0.3, -0.25) is 4.90 Å². The molecule has 1 aromatic carbocycles. The SMILES string of the molecule is CN(C)C1(c2cccs2)CCC2(CCN(c3ccccc3)C2)CC1. The molecule has 2 aliphatic rings. The Bertz CT molecular complexity index is 654. The van der Waals surface area contributed by atoms with Crippen LogP contribution in [0.3, 0.4) is 0 Å². The maximum Gasteiger partial charge on any atom is 0.0549 e. The summed E-state index contributed by atoms with van der Waals surface area (Å²) in [6, 6.07) is 15.5. The number of hydrogen-bond donors (Lipinski definition) is 0. The molecule has 2 aromatic rings. The number of rotatable bonds is 3. The van der Waals surface area contributed by atoms with Gasteiger partial charge in [-0.25, -0.2) is 0 Å². The Balaban J connectivity index is 1.50. The van der Waals surface area contributed by atoms with Crippen molar-refractivity contribution in [3.8, 4) is 0 Å². The molecule has 1 aliphatic heterocycles. The van der Waals surface area contributed by atoms with Gasteiger partial charge in [0.15, 0.2) is 0 Å². The van der Waals surface area contributed by atoms with E-state index in [9.17, 15) is 0 Å². The first kappa shape index (κ1) is 16.2. The lowest BCUT2D eigenvalue weighted by Gasteiger charge is -2.48. The van der Waals surface area contributed by atoms with Gasteiger partial charge in [-0.05, 0) is 75.2 Å². The molecular formula is C21H28N2S. The van der Waals surface area contributed by atoms with E-state index < -0.39 is 0 Å². The summed E-state index contributed by atoms with van der Waals surface area (Å²) in [6.07, 6.45) is 6.65. The van der Waals surface area contributed by atoms with Crippen LogP contribution < -0.4 is 4.90 Å². The molecule has 1 saturated carbocycles. The fraction of sp³-hybridized carbons (Fsp3) is 0.524. The molecule has 1 aromatic heterocycles. The van der Waals surface area contributed by atoms with E-state index in [1.807, 2.05) is 11.3 Å². The zero-order valence-corrected chi connectivity index (χ0v) is 15.7. The van der Waals surface area contributed by atoms with E-state index >= 15 is 0 Å². The van der Waals surface area contributed by atoms with Gasteiger partial charge in [0, 0.05) is 23.7 Å². The zero-order chi connectivity index (χ0) is 16.6. The van der Waals surface area contributed by atoms with Gasteiger partial charge in [-0.15, -0.1) is 11.3 Å². The third-order valence-electron chi connectivity index (χ3n) is 6.53. The molecule has 0 amide bonds. The molecule has 1 saturated heterocycles. The summed E-state index contributed by atoms with van der Waals surface area (Å²) in [7, 11) is 4.53. The van der Waals surface area contributed by atoms with Crippen LogP contribution in [0.2, 0.25) is 0 Å². The van der Waals surface area contributed by atoms with Crippen molar-refractivity contribution in [3.63, 3.8) is 0 Å². The summed E-state index contributed by atoms with van der Waals surface area (Å²) >= 11 is 1.93. The second-order valence-electron chi connectivity index (χ2n) is 7.91. The van der Waals surface area contributed by atoms with E-state index in [4.69, 9.17) is 0 Å². The van der Waals surface area contributed by atoms with E-state index in [0.29, 0.717) is 5.41 Å². The van der Waals surface area contributed by atoms with Gasteiger partial charge >= 0.3 is 0 Å². The molecule has 0 bridgehead atoms. The maximum absolute atomic E-state index is 2.60. The van der Waals surface area contributed by atoms with Crippen molar-refractivity contribution in [1.82, 2.24) is 4.90 Å². The standard InChI is InChI=1S/C21H28N2S/c1-22(2)21(19-9-6-16-24-19)12-10-20(11-13-21)14-15-23(17-20)18-7-4-3-5-8-18/h3-9,16H,10-15,17H2,1-2H3. The number of thiophene rings is 1. The highest BCUT2D eigenvalue weighted by molar-refractivity contribution is 7.10. The molecule has 4 rings (SSSR count). The summed E-state index contributed by atoms with van der Waals surface area (Å²) in [4.78, 5) is 6.64. The minimum absolute atomic E-state index is 0.263. The summed E-state index contributed by atoms with van der Waals surface area (Å²) in [5.74, 6) is 0. The highest BCUT2D eigenvalue weighted by atomic mass is 32.1. The Kier molecular flexibility index (Phi) is 4.17. The first-order chi connectivity index (χ1) is 11.6. The van der Waals surface area contributed by atoms with E-state index in [1.54, 1.807) is 4.88 Å². The predicted octanol–water partition coefficient (Wildman–Crippen LogP) is 4.98. The number of hydrogen-bond acceptors (Lipinski definition) is 3. The van der Waals surface area contributed by atoms with Crippen molar-refractivity contribution in [2.24, 2.45) is 5.41 Å². The van der Waals surface area contributed by atoms with Crippen molar-refractivity contribution in [2.45, 2.75) is 37.6 Å². The van der Waals surface area contributed by atoms with Crippen LogP contribution in [0.15, 0.2) is 47.8 Å². The number of nitrogens with zero attached hydrogens (tertiary/aromatic N) is 2. The summed E-state index contributed by atoms with van der Waals surface area (Å²) in [5, 5.41) is 2.23. The molecule has 24 heavy (non-hydrogen) atoms. The number of anilines is 1. The van der Waals surface area contributed by atoms with Crippen molar-refractivity contribution in [1.29, 1.82) is 0 Å². The first-order valence-corrected chi connectivity index (χ1v) is 10.0. The molecule has 0 N–H and O–H groups in total. The third kappa shape index (κ3) is 2.68. The Labute approximate surface area is 150 Å². The molecule has 2 heterocycles. The van der Waals surface area contributed by atoms with Gasteiger partial charge in [0.2, 0.25) is 0 Å². The zero-order valence-electron chi connectivity index (χ0n) is 14.9. The average molecular weight is 341 g/mol. The summed E-state index contributed by atoms with van der Waals surface area (Å²) < 4.78 is 0. The van der Waals surface area contributed by atoms with Crippen LogP contribution in [0.25, 0.3) is 0 Å². The third-order valence-corrected chi connectivity index (χ3v) is 7.60. The molecular weight excluding hydrogens is 312 g/mol. The average Bonchev–Trinajstić information content (AvgIpc) is 3.28. The highest BCUT2D eigenvalue weighted by Crippen LogP contribution is 2.52. The Morgan fingerprint density at radius 1 is 0.917 bits per heavy atom. The molecule has 0 atom stereocenters. The number of benzene rings is 1. The molecule has 0 unspecified atom stereocenters. The molecule has 1 aliphatic carbocycles. The Hall–Kier alpha value is -1.32. The van der Waals surface area contributed by atoms with E-state index in [0.717, 1.165) is 0 Å². The summed E-state index contributed by atoms with van der Waals surface area (Å²) in [6.45, 7) is 2.46. The van der Waals surface area contributed by atoms with Crippen LogP contribution in [0, 0.1) is 5.41 Å². The quantitative estimate of drug-likeness (QED) is 0.778. The Morgan fingerprint density at radius 2 is 1.67 bits per heavy atom.